The maximum absolute atomic E-state index is 13.3. The molecule has 1 amide bonds. The van der Waals surface area contributed by atoms with Crippen molar-refractivity contribution in [3.05, 3.63) is 41.7 Å². The van der Waals surface area contributed by atoms with Gasteiger partial charge in [-0.3, -0.25) is 4.79 Å². The van der Waals surface area contributed by atoms with Gasteiger partial charge in [0, 0.05) is 25.0 Å². The summed E-state index contributed by atoms with van der Waals surface area (Å²) in [6.07, 6.45) is 1.19. The average Bonchev–Trinajstić information content (AvgIpc) is 2.86. The molecule has 0 spiro atoms. The second-order valence-corrected chi connectivity index (χ2v) is 7.36. The van der Waals surface area contributed by atoms with E-state index >= 15 is 0 Å². The number of ether oxygens (including phenoxy) is 1. The van der Waals surface area contributed by atoms with E-state index in [0.717, 1.165) is 12.1 Å². The van der Waals surface area contributed by atoms with Gasteiger partial charge in [0.25, 0.3) is 5.91 Å². The van der Waals surface area contributed by atoms with Gasteiger partial charge in [-0.15, -0.1) is 0 Å². The van der Waals surface area contributed by atoms with Gasteiger partial charge in [0.05, 0.1) is 12.6 Å². The second-order valence-electron chi connectivity index (χ2n) is 5.68. The summed E-state index contributed by atoms with van der Waals surface area (Å²) >= 11 is 0. The monoisotopic (exact) mass is 387 g/mol. The first kappa shape index (κ1) is 18.3. The summed E-state index contributed by atoms with van der Waals surface area (Å²) in [5.74, 6) is -3.15. The summed E-state index contributed by atoms with van der Waals surface area (Å²) < 4.78 is 59.9. The first-order valence-corrected chi connectivity index (χ1v) is 8.93. The van der Waals surface area contributed by atoms with Crippen molar-refractivity contribution in [2.24, 2.45) is 7.05 Å². The van der Waals surface area contributed by atoms with Crippen molar-refractivity contribution < 1.29 is 31.8 Å². The number of nitrogens with one attached hydrogen (secondary N) is 2. The van der Waals surface area contributed by atoms with E-state index in [9.17, 15) is 27.1 Å². The van der Waals surface area contributed by atoms with Gasteiger partial charge in [-0.25, -0.2) is 21.9 Å². The van der Waals surface area contributed by atoms with E-state index in [4.69, 9.17) is 4.74 Å². The number of carbonyl (C=O) groups excluding carboxylic acids is 1. The Morgan fingerprint density at radius 3 is 2.81 bits per heavy atom. The topological polar surface area (TPSA) is 110 Å². The molecule has 0 fully saturated rings. The highest BCUT2D eigenvalue weighted by molar-refractivity contribution is 7.89. The standard InChI is InChI=1S/C15H15F2N3O5S/c1-20-5-12-14(25-7-9(6-21)19-26(12,23)24)13(20)15(22)18-8-2-3-10(16)11(17)4-8/h2-5,9,19,21H,6-7H2,1H3,(H,18,22)/t9-/m0/s1. The highest BCUT2D eigenvalue weighted by Gasteiger charge is 2.34. The highest BCUT2D eigenvalue weighted by atomic mass is 32.2. The largest absolute Gasteiger partial charge is 0.488 e. The molecule has 26 heavy (non-hydrogen) atoms. The van der Waals surface area contributed by atoms with Crippen molar-refractivity contribution in [2.45, 2.75) is 10.9 Å². The number of hydrogen-bond donors (Lipinski definition) is 3. The van der Waals surface area contributed by atoms with Crippen molar-refractivity contribution >= 4 is 21.6 Å². The summed E-state index contributed by atoms with van der Waals surface area (Å²) in [5, 5.41) is 11.5. The van der Waals surface area contributed by atoms with E-state index in [2.05, 4.69) is 10.0 Å². The molecule has 1 atom stereocenters. The van der Waals surface area contributed by atoms with Gasteiger partial charge < -0.3 is 19.7 Å². The number of rotatable bonds is 3. The number of aliphatic hydroxyl groups excluding tert-OH is 1. The number of anilines is 1. The number of benzene rings is 1. The lowest BCUT2D eigenvalue weighted by molar-refractivity contribution is 0.101. The normalized spacial score (nSPS) is 18.5. The number of aromatic nitrogens is 1. The zero-order valence-electron chi connectivity index (χ0n) is 13.5. The fourth-order valence-electron chi connectivity index (χ4n) is 2.53. The molecule has 2 heterocycles. The van der Waals surface area contributed by atoms with Gasteiger partial charge in [0.15, 0.2) is 23.1 Å². The van der Waals surface area contributed by atoms with Crippen LogP contribution in [0.1, 0.15) is 10.5 Å². The minimum atomic E-state index is -4.01. The average molecular weight is 387 g/mol. The third-order valence-electron chi connectivity index (χ3n) is 3.76. The summed E-state index contributed by atoms with van der Waals surface area (Å²) in [6, 6.07) is 1.96. The van der Waals surface area contributed by atoms with Crippen molar-refractivity contribution in [2.75, 3.05) is 18.5 Å². The van der Waals surface area contributed by atoms with Crippen LogP contribution < -0.4 is 14.8 Å². The SMILES string of the molecule is Cn1cc2c(c1C(=O)Nc1ccc(F)c(F)c1)OC[C@H](CO)NS2(=O)=O. The Morgan fingerprint density at radius 2 is 2.15 bits per heavy atom. The van der Waals surface area contributed by atoms with Crippen molar-refractivity contribution in [1.29, 1.82) is 0 Å². The number of nitrogens with zero attached hydrogens (tertiary/aromatic N) is 1. The molecule has 8 nitrogen and oxygen atoms in total. The van der Waals surface area contributed by atoms with Crippen LogP contribution in [0.5, 0.6) is 5.75 Å². The predicted molar refractivity (Wildman–Crippen MR) is 86.4 cm³/mol. The molecule has 1 aliphatic rings. The molecule has 1 aromatic heterocycles. The zero-order valence-corrected chi connectivity index (χ0v) is 14.3. The van der Waals surface area contributed by atoms with Crippen LogP contribution in [0.25, 0.3) is 0 Å². The fourth-order valence-corrected chi connectivity index (χ4v) is 3.93. The summed E-state index contributed by atoms with van der Waals surface area (Å²) in [4.78, 5) is 12.3. The van der Waals surface area contributed by atoms with E-state index in [-0.39, 0.29) is 28.6 Å². The maximum atomic E-state index is 13.3. The highest BCUT2D eigenvalue weighted by Crippen LogP contribution is 2.32. The smallest absolute Gasteiger partial charge is 0.276 e. The number of aliphatic hydroxyl groups is 1. The van der Waals surface area contributed by atoms with E-state index in [0.29, 0.717) is 0 Å². The number of aryl methyl sites for hydroxylation is 1. The predicted octanol–water partition coefficient (Wildman–Crippen LogP) is 0.587. The summed E-state index contributed by atoms with van der Waals surface area (Å²) in [5.41, 5.74) is -0.125. The molecule has 0 saturated carbocycles. The lowest BCUT2D eigenvalue weighted by Gasteiger charge is -2.13. The summed E-state index contributed by atoms with van der Waals surface area (Å²) in [7, 11) is -2.56. The van der Waals surface area contributed by atoms with Crippen LogP contribution >= 0.6 is 0 Å². The van der Waals surface area contributed by atoms with Gasteiger partial charge in [-0.1, -0.05) is 0 Å². The maximum Gasteiger partial charge on any atom is 0.276 e. The molecule has 1 aliphatic heterocycles. The van der Waals surface area contributed by atoms with Crippen molar-refractivity contribution in [3.63, 3.8) is 0 Å². The van der Waals surface area contributed by atoms with Gasteiger partial charge in [-0.2, -0.15) is 0 Å². The quantitative estimate of drug-likeness (QED) is 0.714. The van der Waals surface area contributed by atoms with E-state index in [1.54, 1.807) is 0 Å². The molecule has 0 unspecified atom stereocenters. The van der Waals surface area contributed by atoms with Gasteiger partial charge >= 0.3 is 0 Å². The molecule has 0 saturated heterocycles. The molecule has 3 N–H and O–H groups in total. The van der Waals surface area contributed by atoms with Crippen molar-refractivity contribution in [1.82, 2.24) is 9.29 Å². The van der Waals surface area contributed by atoms with Crippen LogP contribution in [-0.2, 0) is 17.1 Å². The Hall–Kier alpha value is -2.50. The van der Waals surface area contributed by atoms with Crippen LogP contribution in [0.3, 0.4) is 0 Å². The molecular formula is C15H15F2N3O5S. The molecule has 1 aromatic carbocycles. The molecule has 11 heteroatoms. The second kappa shape index (κ2) is 6.67. The van der Waals surface area contributed by atoms with E-state index in [1.165, 1.54) is 23.9 Å². The van der Waals surface area contributed by atoms with Crippen molar-refractivity contribution in [3.8, 4) is 5.75 Å². The number of fused-ring (bicyclic) bond motifs is 1. The third kappa shape index (κ3) is 3.28. The van der Waals surface area contributed by atoms with Crippen LogP contribution in [0.4, 0.5) is 14.5 Å². The molecule has 2 aromatic rings. The molecule has 140 valence electrons. The first-order valence-electron chi connectivity index (χ1n) is 7.44. The minimum absolute atomic E-state index is 0.00770. The van der Waals surface area contributed by atoms with Gasteiger partial charge in [-0.05, 0) is 12.1 Å². The molecule has 0 radical (unpaired) electrons. The molecule has 0 aliphatic carbocycles. The lowest BCUT2D eigenvalue weighted by Crippen LogP contribution is -2.39. The number of halogens is 2. The lowest BCUT2D eigenvalue weighted by atomic mass is 10.2. The zero-order chi connectivity index (χ0) is 19.1. The van der Waals surface area contributed by atoms with E-state index < -0.39 is 40.2 Å². The third-order valence-corrected chi connectivity index (χ3v) is 5.27. The molecule has 3 rings (SSSR count). The van der Waals surface area contributed by atoms with E-state index in [1.807, 2.05) is 0 Å². The fraction of sp³-hybridized carbons (Fsp3) is 0.267. The van der Waals surface area contributed by atoms with Crippen LogP contribution in [0.2, 0.25) is 0 Å². The number of amides is 1. The van der Waals surface area contributed by atoms with Crippen LogP contribution in [-0.4, -0.2) is 43.3 Å². The van der Waals surface area contributed by atoms with Gasteiger partial charge in [0.1, 0.15) is 11.5 Å². The molecule has 0 bridgehead atoms. The Balaban J connectivity index is 1.98. The first-order chi connectivity index (χ1) is 12.2. The number of sulfonamides is 1. The summed E-state index contributed by atoms with van der Waals surface area (Å²) in [6.45, 7) is -0.662. The number of carbonyl (C=O) groups is 1. The Bertz CT molecular complexity index is 974. The van der Waals surface area contributed by atoms with Crippen LogP contribution in [0.15, 0.2) is 29.3 Å². The Labute approximate surface area is 147 Å². The van der Waals surface area contributed by atoms with Gasteiger partial charge in [0.2, 0.25) is 10.0 Å². The Morgan fingerprint density at radius 1 is 1.42 bits per heavy atom. The van der Waals surface area contributed by atoms with Crippen LogP contribution in [0, 0.1) is 11.6 Å². The Kier molecular flexibility index (Phi) is 4.69. The minimum Gasteiger partial charge on any atom is -0.488 e. The number of hydrogen-bond acceptors (Lipinski definition) is 5. The molecular weight excluding hydrogens is 372 g/mol.